The molecule has 0 spiro atoms. The van der Waals surface area contributed by atoms with Crippen LogP contribution in [0.3, 0.4) is 0 Å². The first-order chi connectivity index (χ1) is 8.66. The van der Waals surface area contributed by atoms with Gasteiger partial charge >= 0.3 is 0 Å². The Morgan fingerprint density at radius 1 is 1.33 bits per heavy atom. The zero-order valence-corrected chi connectivity index (χ0v) is 11.4. The van der Waals surface area contributed by atoms with E-state index in [1.807, 2.05) is 18.7 Å². The Bertz CT molecular complexity index is 413. The van der Waals surface area contributed by atoms with E-state index in [1.165, 1.54) is 25.7 Å². The van der Waals surface area contributed by atoms with E-state index in [4.69, 9.17) is 5.73 Å². The number of nitrogens with zero attached hydrogens (tertiary/aromatic N) is 4. The Balaban J connectivity index is 1.97. The first kappa shape index (κ1) is 12.9. The third-order valence-corrected chi connectivity index (χ3v) is 3.43. The molecule has 0 amide bonds. The van der Waals surface area contributed by atoms with Gasteiger partial charge in [-0.25, -0.2) is 4.99 Å². The molecule has 5 nitrogen and oxygen atoms in total. The van der Waals surface area contributed by atoms with Crippen LogP contribution in [-0.2, 0) is 13.6 Å². The molecule has 0 aliphatic carbocycles. The number of aryl methyl sites for hydroxylation is 2. The predicted molar refractivity (Wildman–Crippen MR) is 73.3 cm³/mol. The van der Waals surface area contributed by atoms with Crippen molar-refractivity contribution >= 4 is 5.96 Å². The molecule has 1 saturated heterocycles. The van der Waals surface area contributed by atoms with Gasteiger partial charge in [-0.15, -0.1) is 0 Å². The van der Waals surface area contributed by atoms with E-state index in [-0.39, 0.29) is 0 Å². The van der Waals surface area contributed by atoms with E-state index in [2.05, 4.69) is 21.1 Å². The Hall–Kier alpha value is -1.52. The van der Waals surface area contributed by atoms with Gasteiger partial charge in [0.15, 0.2) is 5.96 Å². The quantitative estimate of drug-likeness (QED) is 0.637. The van der Waals surface area contributed by atoms with Gasteiger partial charge < -0.3 is 10.6 Å². The first-order valence-corrected chi connectivity index (χ1v) is 6.71. The minimum absolute atomic E-state index is 0.611. The molecule has 0 radical (unpaired) electrons. The molecule has 100 valence electrons. The fourth-order valence-electron chi connectivity index (χ4n) is 2.37. The first-order valence-electron chi connectivity index (χ1n) is 6.71. The minimum Gasteiger partial charge on any atom is -0.370 e. The van der Waals surface area contributed by atoms with Gasteiger partial charge in [-0.1, -0.05) is 12.8 Å². The summed E-state index contributed by atoms with van der Waals surface area (Å²) >= 11 is 0. The highest BCUT2D eigenvalue weighted by atomic mass is 15.3. The number of hydrogen-bond donors (Lipinski definition) is 1. The molecule has 0 aromatic carbocycles. The van der Waals surface area contributed by atoms with E-state index in [0.29, 0.717) is 12.5 Å². The Morgan fingerprint density at radius 3 is 2.56 bits per heavy atom. The lowest BCUT2D eigenvalue weighted by molar-refractivity contribution is 0.428. The summed E-state index contributed by atoms with van der Waals surface area (Å²) in [6.45, 7) is 4.69. The van der Waals surface area contributed by atoms with Crippen LogP contribution in [0.15, 0.2) is 11.1 Å². The molecule has 2 heterocycles. The largest absolute Gasteiger partial charge is 0.370 e. The third kappa shape index (κ3) is 3.24. The van der Waals surface area contributed by atoms with Gasteiger partial charge in [-0.05, 0) is 25.8 Å². The standard InChI is InChI=1S/C13H23N5/c1-11-9-12(17(2)16-11)10-15-13(14)18-7-5-3-4-6-8-18/h9H,3-8,10H2,1-2H3,(H2,14,15). The lowest BCUT2D eigenvalue weighted by Crippen LogP contribution is -2.38. The van der Waals surface area contributed by atoms with Crippen LogP contribution in [-0.4, -0.2) is 33.7 Å². The molecule has 1 aliphatic heterocycles. The van der Waals surface area contributed by atoms with Crippen molar-refractivity contribution in [3.8, 4) is 0 Å². The molecule has 1 aliphatic rings. The Kier molecular flexibility index (Phi) is 4.23. The fourth-order valence-corrected chi connectivity index (χ4v) is 2.37. The average molecular weight is 249 g/mol. The molecule has 0 saturated carbocycles. The van der Waals surface area contributed by atoms with E-state index in [1.54, 1.807) is 0 Å². The number of likely N-dealkylation sites (tertiary alicyclic amines) is 1. The van der Waals surface area contributed by atoms with Gasteiger partial charge in [0.25, 0.3) is 0 Å². The van der Waals surface area contributed by atoms with Crippen LogP contribution < -0.4 is 5.73 Å². The molecule has 1 fully saturated rings. The number of hydrogen-bond acceptors (Lipinski definition) is 2. The van der Waals surface area contributed by atoms with Crippen molar-refractivity contribution < 1.29 is 0 Å². The van der Waals surface area contributed by atoms with Gasteiger partial charge in [-0.2, -0.15) is 5.10 Å². The van der Waals surface area contributed by atoms with Gasteiger partial charge in [0, 0.05) is 20.1 Å². The topological polar surface area (TPSA) is 59.4 Å². The second-order valence-corrected chi connectivity index (χ2v) is 4.98. The van der Waals surface area contributed by atoms with Crippen molar-refractivity contribution in [2.75, 3.05) is 13.1 Å². The number of aromatic nitrogens is 2. The van der Waals surface area contributed by atoms with Crippen molar-refractivity contribution in [1.82, 2.24) is 14.7 Å². The van der Waals surface area contributed by atoms with Crippen LogP contribution in [0.2, 0.25) is 0 Å². The normalized spacial score (nSPS) is 17.9. The van der Waals surface area contributed by atoms with Crippen molar-refractivity contribution in [2.45, 2.75) is 39.2 Å². The molecule has 5 heteroatoms. The summed E-state index contributed by atoms with van der Waals surface area (Å²) in [6.07, 6.45) is 5.07. The summed E-state index contributed by atoms with van der Waals surface area (Å²) in [5, 5.41) is 4.31. The maximum absolute atomic E-state index is 6.07. The molecule has 18 heavy (non-hydrogen) atoms. The van der Waals surface area contributed by atoms with Crippen molar-refractivity contribution in [3.05, 3.63) is 17.5 Å². The van der Waals surface area contributed by atoms with Gasteiger partial charge in [0.2, 0.25) is 0 Å². The lowest BCUT2D eigenvalue weighted by Gasteiger charge is -2.21. The zero-order valence-electron chi connectivity index (χ0n) is 11.4. The molecule has 0 bridgehead atoms. The monoisotopic (exact) mass is 249 g/mol. The number of aliphatic imine (C=N–C) groups is 1. The maximum atomic E-state index is 6.07. The lowest BCUT2D eigenvalue weighted by atomic mass is 10.2. The molecule has 0 atom stereocenters. The number of rotatable bonds is 2. The second kappa shape index (κ2) is 5.89. The van der Waals surface area contributed by atoms with Crippen molar-refractivity contribution in [2.24, 2.45) is 17.8 Å². The molecular weight excluding hydrogens is 226 g/mol. The summed E-state index contributed by atoms with van der Waals surface area (Å²) in [7, 11) is 1.94. The van der Waals surface area contributed by atoms with Crippen molar-refractivity contribution in [1.29, 1.82) is 0 Å². The highest BCUT2D eigenvalue weighted by molar-refractivity contribution is 5.78. The van der Waals surface area contributed by atoms with Crippen LogP contribution in [0.4, 0.5) is 0 Å². The zero-order chi connectivity index (χ0) is 13.0. The molecule has 2 rings (SSSR count). The summed E-state index contributed by atoms with van der Waals surface area (Å²) in [4.78, 5) is 6.70. The summed E-state index contributed by atoms with van der Waals surface area (Å²) in [5.41, 5.74) is 8.20. The molecule has 2 N–H and O–H groups in total. The van der Waals surface area contributed by atoms with E-state index >= 15 is 0 Å². The summed E-state index contributed by atoms with van der Waals surface area (Å²) in [6, 6.07) is 2.05. The van der Waals surface area contributed by atoms with Crippen LogP contribution in [0, 0.1) is 6.92 Å². The van der Waals surface area contributed by atoms with E-state index < -0.39 is 0 Å². The molecule has 1 aromatic heterocycles. The van der Waals surface area contributed by atoms with Gasteiger partial charge in [0.1, 0.15) is 0 Å². The number of nitrogens with two attached hydrogens (primary N) is 1. The summed E-state index contributed by atoms with van der Waals surface area (Å²) < 4.78 is 1.87. The predicted octanol–water partition coefficient (Wildman–Crippen LogP) is 1.42. The molecular formula is C13H23N5. The molecule has 1 aromatic rings. The van der Waals surface area contributed by atoms with Gasteiger partial charge in [-0.3, -0.25) is 4.68 Å². The molecule has 0 unspecified atom stereocenters. The SMILES string of the molecule is Cc1cc(CN=C(N)N2CCCCCC2)n(C)n1. The van der Waals surface area contributed by atoms with Crippen LogP contribution in [0.1, 0.15) is 37.1 Å². The summed E-state index contributed by atoms with van der Waals surface area (Å²) in [5.74, 6) is 0.677. The number of guanidine groups is 1. The van der Waals surface area contributed by atoms with E-state index in [9.17, 15) is 0 Å². The van der Waals surface area contributed by atoms with E-state index in [0.717, 1.165) is 24.5 Å². The van der Waals surface area contributed by atoms with Crippen LogP contribution in [0.25, 0.3) is 0 Å². The Labute approximate surface area is 109 Å². The van der Waals surface area contributed by atoms with Crippen LogP contribution in [0.5, 0.6) is 0 Å². The smallest absolute Gasteiger partial charge is 0.191 e. The van der Waals surface area contributed by atoms with Crippen molar-refractivity contribution in [3.63, 3.8) is 0 Å². The highest BCUT2D eigenvalue weighted by Crippen LogP contribution is 2.10. The fraction of sp³-hybridized carbons (Fsp3) is 0.692. The van der Waals surface area contributed by atoms with Crippen LogP contribution >= 0.6 is 0 Å². The maximum Gasteiger partial charge on any atom is 0.191 e. The Morgan fingerprint density at radius 2 is 2.00 bits per heavy atom. The minimum atomic E-state index is 0.611. The average Bonchev–Trinajstić information content (AvgIpc) is 2.59. The third-order valence-electron chi connectivity index (χ3n) is 3.43. The van der Waals surface area contributed by atoms with Gasteiger partial charge in [0.05, 0.1) is 17.9 Å². The second-order valence-electron chi connectivity index (χ2n) is 4.98. The highest BCUT2D eigenvalue weighted by Gasteiger charge is 2.11.